The maximum atomic E-state index is 12.7. The molecule has 26 heavy (non-hydrogen) atoms. The van der Waals surface area contributed by atoms with Gasteiger partial charge in [-0.3, -0.25) is 14.3 Å². The van der Waals surface area contributed by atoms with Crippen molar-refractivity contribution in [1.29, 1.82) is 0 Å². The minimum atomic E-state index is -0.180. The van der Waals surface area contributed by atoms with Crippen molar-refractivity contribution in [2.24, 2.45) is 0 Å². The number of hydrogen-bond donors (Lipinski definition) is 1. The molecule has 0 saturated carbocycles. The predicted molar refractivity (Wildman–Crippen MR) is 96.7 cm³/mol. The molecule has 2 aromatic rings. The Balaban J connectivity index is 1.67. The SMILES string of the molecule is Cc1cc(C(=O)N2CCOCC2)n(CC(=O)N[C@H](C)c2ccccc2)n1. The third-order valence-corrected chi connectivity index (χ3v) is 4.39. The number of carbonyl (C=O) groups is 2. The van der Waals surface area contributed by atoms with Crippen LogP contribution in [-0.2, 0) is 16.1 Å². The topological polar surface area (TPSA) is 76.5 Å². The van der Waals surface area contributed by atoms with Crippen LogP contribution in [0.15, 0.2) is 36.4 Å². The number of hydrogen-bond acceptors (Lipinski definition) is 4. The quantitative estimate of drug-likeness (QED) is 0.882. The first-order valence-corrected chi connectivity index (χ1v) is 8.80. The molecule has 1 fully saturated rings. The van der Waals surface area contributed by atoms with Crippen LogP contribution >= 0.6 is 0 Å². The van der Waals surface area contributed by atoms with Crippen LogP contribution < -0.4 is 5.32 Å². The summed E-state index contributed by atoms with van der Waals surface area (Å²) in [4.78, 5) is 26.9. The molecule has 1 atom stereocenters. The van der Waals surface area contributed by atoms with E-state index in [2.05, 4.69) is 10.4 Å². The van der Waals surface area contributed by atoms with E-state index in [-0.39, 0.29) is 24.4 Å². The Labute approximate surface area is 152 Å². The third-order valence-electron chi connectivity index (χ3n) is 4.39. The van der Waals surface area contributed by atoms with E-state index in [1.165, 1.54) is 4.68 Å². The lowest BCUT2D eigenvalue weighted by molar-refractivity contribution is -0.122. The molecule has 7 heteroatoms. The Morgan fingerprint density at radius 1 is 1.23 bits per heavy atom. The molecule has 3 rings (SSSR count). The van der Waals surface area contributed by atoms with Gasteiger partial charge in [-0.05, 0) is 25.5 Å². The van der Waals surface area contributed by atoms with Crippen molar-refractivity contribution in [3.05, 3.63) is 53.3 Å². The Hall–Kier alpha value is -2.67. The van der Waals surface area contributed by atoms with Crippen molar-refractivity contribution in [2.75, 3.05) is 26.3 Å². The second kappa shape index (κ2) is 8.14. The molecule has 1 aliphatic heterocycles. The van der Waals surface area contributed by atoms with Gasteiger partial charge in [-0.15, -0.1) is 0 Å². The zero-order valence-electron chi connectivity index (χ0n) is 15.1. The van der Waals surface area contributed by atoms with E-state index in [4.69, 9.17) is 4.74 Å². The summed E-state index contributed by atoms with van der Waals surface area (Å²) in [7, 11) is 0. The minimum Gasteiger partial charge on any atom is -0.378 e. The average Bonchev–Trinajstić information content (AvgIpc) is 3.02. The summed E-state index contributed by atoms with van der Waals surface area (Å²) in [5.74, 6) is -0.293. The fourth-order valence-electron chi connectivity index (χ4n) is 3.01. The van der Waals surface area contributed by atoms with Crippen LogP contribution in [0.5, 0.6) is 0 Å². The zero-order valence-corrected chi connectivity index (χ0v) is 15.1. The Kier molecular flexibility index (Phi) is 5.68. The molecule has 1 aromatic heterocycles. The highest BCUT2D eigenvalue weighted by Crippen LogP contribution is 2.12. The molecule has 2 heterocycles. The van der Waals surface area contributed by atoms with Gasteiger partial charge < -0.3 is 15.0 Å². The molecule has 0 spiro atoms. The number of amides is 2. The normalized spacial score (nSPS) is 15.5. The number of rotatable bonds is 5. The number of nitrogens with zero attached hydrogens (tertiary/aromatic N) is 3. The van der Waals surface area contributed by atoms with Gasteiger partial charge in [0.1, 0.15) is 12.2 Å². The molecule has 0 unspecified atom stereocenters. The van der Waals surface area contributed by atoms with Crippen LogP contribution in [0.4, 0.5) is 0 Å². The van der Waals surface area contributed by atoms with Gasteiger partial charge in [-0.1, -0.05) is 30.3 Å². The van der Waals surface area contributed by atoms with E-state index >= 15 is 0 Å². The van der Waals surface area contributed by atoms with Crippen molar-refractivity contribution in [3.63, 3.8) is 0 Å². The minimum absolute atomic E-state index is 0.0103. The Morgan fingerprint density at radius 3 is 2.62 bits per heavy atom. The molecule has 0 radical (unpaired) electrons. The van der Waals surface area contributed by atoms with Gasteiger partial charge in [-0.2, -0.15) is 5.10 Å². The van der Waals surface area contributed by atoms with Crippen molar-refractivity contribution >= 4 is 11.8 Å². The highest BCUT2D eigenvalue weighted by Gasteiger charge is 2.23. The van der Waals surface area contributed by atoms with Gasteiger partial charge >= 0.3 is 0 Å². The summed E-state index contributed by atoms with van der Waals surface area (Å²) in [6.45, 7) is 5.94. The smallest absolute Gasteiger partial charge is 0.272 e. The summed E-state index contributed by atoms with van der Waals surface area (Å²) >= 11 is 0. The lowest BCUT2D eigenvalue weighted by Crippen LogP contribution is -2.42. The van der Waals surface area contributed by atoms with Crippen LogP contribution in [0.2, 0.25) is 0 Å². The molecule has 1 aliphatic rings. The lowest BCUT2D eigenvalue weighted by atomic mass is 10.1. The highest BCUT2D eigenvalue weighted by molar-refractivity contribution is 5.93. The summed E-state index contributed by atoms with van der Waals surface area (Å²) in [5.41, 5.74) is 2.18. The lowest BCUT2D eigenvalue weighted by Gasteiger charge is -2.26. The fourth-order valence-corrected chi connectivity index (χ4v) is 3.01. The fraction of sp³-hybridized carbons (Fsp3) is 0.421. The number of morpholine rings is 1. The molecule has 0 bridgehead atoms. The van der Waals surface area contributed by atoms with Crippen molar-refractivity contribution in [2.45, 2.75) is 26.4 Å². The van der Waals surface area contributed by atoms with Gasteiger partial charge in [0.25, 0.3) is 5.91 Å². The van der Waals surface area contributed by atoms with Crippen molar-refractivity contribution < 1.29 is 14.3 Å². The second-order valence-corrected chi connectivity index (χ2v) is 6.43. The maximum absolute atomic E-state index is 12.7. The highest BCUT2D eigenvalue weighted by atomic mass is 16.5. The predicted octanol–water partition coefficient (Wildman–Crippen LogP) is 1.54. The molecule has 0 aliphatic carbocycles. The third kappa shape index (κ3) is 4.29. The summed E-state index contributed by atoms with van der Waals surface area (Å²) in [5, 5.41) is 7.28. The first-order valence-electron chi connectivity index (χ1n) is 8.80. The molecule has 1 aromatic carbocycles. The standard InChI is InChI=1S/C19H24N4O3/c1-14-12-17(19(25)22-8-10-26-11-9-22)23(21-14)13-18(24)20-15(2)16-6-4-3-5-7-16/h3-7,12,15H,8-11,13H2,1-2H3,(H,20,24)/t15-/m1/s1. The molecule has 2 amide bonds. The molecular weight excluding hydrogens is 332 g/mol. The second-order valence-electron chi connectivity index (χ2n) is 6.43. The van der Waals surface area contributed by atoms with Crippen molar-refractivity contribution in [1.82, 2.24) is 20.0 Å². The summed E-state index contributed by atoms with van der Waals surface area (Å²) in [6.07, 6.45) is 0. The average molecular weight is 356 g/mol. The van der Waals surface area contributed by atoms with E-state index in [9.17, 15) is 9.59 Å². The Bertz CT molecular complexity index is 766. The van der Waals surface area contributed by atoms with E-state index in [0.717, 1.165) is 5.56 Å². The number of aryl methyl sites for hydroxylation is 1. The first-order chi connectivity index (χ1) is 12.5. The van der Waals surface area contributed by atoms with Gasteiger partial charge in [-0.25, -0.2) is 0 Å². The Morgan fingerprint density at radius 2 is 1.92 bits per heavy atom. The van der Waals surface area contributed by atoms with E-state index < -0.39 is 0 Å². The van der Waals surface area contributed by atoms with Crippen LogP contribution in [0, 0.1) is 6.92 Å². The van der Waals surface area contributed by atoms with Crippen LogP contribution in [0.25, 0.3) is 0 Å². The van der Waals surface area contributed by atoms with Gasteiger partial charge in [0.15, 0.2) is 0 Å². The number of carbonyl (C=O) groups excluding carboxylic acids is 2. The van der Waals surface area contributed by atoms with E-state index in [1.54, 1.807) is 11.0 Å². The van der Waals surface area contributed by atoms with E-state index in [1.807, 2.05) is 44.2 Å². The van der Waals surface area contributed by atoms with Crippen molar-refractivity contribution in [3.8, 4) is 0 Å². The number of ether oxygens (including phenoxy) is 1. The molecule has 1 N–H and O–H groups in total. The van der Waals surface area contributed by atoms with Gasteiger partial charge in [0.2, 0.25) is 5.91 Å². The molecular formula is C19H24N4O3. The van der Waals surface area contributed by atoms with Crippen LogP contribution in [0.3, 0.4) is 0 Å². The number of aromatic nitrogens is 2. The zero-order chi connectivity index (χ0) is 18.5. The van der Waals surface area contributed by atoms with E-state index in [0.29, 0.717) is 37.7 Å². The monoisotopic (exact) mass is 356 g/mol. The molecule has 7 nitrogen and oxygen atoms in total. The number of nitrogens with one attached hydrogen (secondary N) is 1. The molecule has 138 valence electrons. The van der Waals surface area contributed by atoms with Crippen LogP contribution in [-0.4, -0.2) is 52.8 Å². The largest absolute Gasteiger partial charge is 0.378 e. The van der Waals surface area contributed by atoms with Crippen LogP contribution in [0.1, 0.15) is 34.7 Å². The number of benzene rings is 1. The maximum Gasteiger partial charge on any atom is 0.272 e. The molecule has 1 saturated heterocycles. The summed E-state index contributed by atoms with van der Waals surface area (Å²) < 4.78 is 6.78. The van der Waals surface area contributed by atoms with Gasteiger partial charge in [0, 0.05) is 13.1 Å². The van der Waals surface area contributed by atoms with Gasteiger partial charge in [0.05, 0.1) is 24.9 Å². The summed E-state index contributed by atoms with van der Waals surface area (Å²) in [6, 6.07) is 11.4. The first kappa shape index (κ1) is 18.1.